The summed E-state index contributed by atoms with van der Waals surface area (Å²) >= 11 is 1.59. The van der Waals surface area contributed by atoms with E-state index in [-0.39, 0.29) is 6.10 Å². The Morgan fingerprint density at radius 2 is 1.88 bits per heavy atom. The van der Waals surface area contributed by atoms with Crippen LogP contribution in [0.15, 0.2) is 47.8 Å². The Bertz CT molecular complexity index is 409. The first kappa shape index (κ1) is 11.2. The molecule has 1 aromatic carbocycles. The molecule has 0 saturated carbocycles. The van der Waals surface area contributed by atoms with E-state index in [1.165, 1.54) is 0 Å². The molecule has 1 aromatic heterocycles. The predicted molar refractivity (Wildman–Crippen MR) is 65.8 cm³/mol. The van der Waals surface area contributed by atoms with Crippen LogP contribution < -0.4 is 4.74 Å². The normalized spacial score (nSPS) is 14.4. The van der Waals surface area contributed by atoms with Crippen LogP contribution in [-0.2, 0) is 0 Å². The van der Waals surface area contributed by atoms with Crippen molar-refractivity contribution in [2.75, 3.05) is 0 Å². The van der Waals surface area contributed by atoms with Crippen molar-refractivity contribution in [3.63, 3.8) is 0 Å². The molecule has 2 nitrogen and oxygen atoms in total. The quantitative estimate of drug-likeness (QED) is 0.880. The average molecular weight is 234 g/mol. The average Bonchev–Trinajstić information content (AvgIpc) is 2.80. The summed E-state index contributed by atoms with van der Waals surface area (Å²) in [7, 11) is 0. The molecule has 2 unspecified atom stereocenters. The van der Waals surface area contributed by atoms with Crippen molar-refractivity contribution in [1.82, 2.24) is 0 Å². The molecule has 0 bridgehead atoms. The lowest BCUT2D eigenvalue weighted by Gasteiger charge is -2.20. The van der Waals surface area contributed by atoms with E-state index in [1.807, 2.05) is 47.8 Å². The van der Waals surface area contributed by atoms with E-state index >= 15 is 0 Å². The second kappa shape index (κ2) is 5.14. The van der Waals surface area contributed by atoms with Gasteiger partial charge in [0.1, 0.15) is 5.75 Å². The Labute approximate surface area is 99.1 Å². The van der Waals surface area contributed by atoms with Gasteiger partial charge >= 0.3 is 0 Å². The number of benzene rings is 1. The van der Waals surface area contributed by atoms with Gasteiger partial charge < -0.3 is 9.84 Å². The van der Waals surface area contributed by atoms with Gasteiger partial charge in [-0.1, -0.05) is 24.3 Å². The first-order valence-electron chi connectivity index (χ1n) is 5.20. The minimum absolute atomic E-state index is 0.289. The second-order valence-corrected chi connectivity index (χ2v) is 4.59. The maximum absolute atomic E-state index is 9.73. The summed E-state index contributed by atoms with van der Waals surface area (Å²) in [5.74, 6) is 0.779. The number of rotatable bonds is 4. The first-order chi connectivity index (χ1) is 7.77. The number of aliphatic hydroxyl groups is 1. The molecule has 16 heavy (non-hydrogen) atoms. The lowest BCUT2D eigenvalue weighted by atomic mass is 10.2. The zero-order valence-electron chi connectivity index (χ0n) is 9.04. The Kier molecular flexibility index (Phi) is 3.59. The molecule has 0 aliphatic heterocycles. The van der Waals surface area contributed by atoms with Gasteiger partial charge in [-0.3, -0.25) is 0 Å². The summed E-state index contributed by atoms with van der Waals surface area (Å²) < 4.78 is 5.78. The maximum atomic E-state index is 9.73. The van der Waals surface area contributed by atoms with Gasteiger partial charge in [-0.2, -0.15) is 0 Å². The largest absolute Gasteiger partial charge is 0.482 e. The van der Waals surface area contributed by atoms with Gasteiger partial charge in [0, 0.05) is 4.88 Å². The Morgan fingerprint density at radius 3 is 2.44 bits per heavy atom. The molecule has 2 rings (SSSR count). The molecule has 0 fully saturated rings. The van der Waals surface area contributed by atoms with E-state index in [4.69, 9.17) is 4.74 Å². The molecule has 0 saturated heterocycles. The zero-order valence-corrected chi connectivity index (χ0v) is 9.85. The monoisotopic (exact) mass is 234 g/mol. The van der Waals surface area contributed by atoms with Crippen molar-refractivity contribution in [1.29, 1.82) is 0 Å². The molecule has 0 spiro atoms. The Morgan fingerprint density at radius 1 is 1.12 bits per heavy atom. The van der Waals surface area contributed by atoms with Crippen LogP contribution in [0.25, 0.3) is 0 Å². The van der Waals surface area contributed by atoms with Crippen LogP contribution in [0.5, 0.6) is 5.75 Å². The van der Waals surface area contributed by atoms with Crippen LogP contribution in [0.3, 0.4) is 0 Å². The van der Waals surface area contributed by atoms with Gasteiger partial charge in [0.25, 0.3) is 0 Å². The lowest BCUT2D eigenvalue weighted by molar-refractivity contribution is 0.0502. The van der Waals surface area contributed by atoms with Gasteiger partial charge in [0.05, 0.1) is 6.10 Å². The number of thiophene rings is 1. The van der Waals surface area contributed by atoms with E-state index in [2.05, 4.69) is 0 Å². The fourth-order valence-corrected chi connectivity index (χ4v) is 2.34. The van der Waals surface area contributed by atoms with Crippen molar-refractivity contribution in [2.45, 2.75) is 19.1 Å². The van der Waals surface area contributed by atoms with E-state index in [0.717, 1.165) is 10.6 Å². The van der Waals surface area contributed by atoms with Gasteiger partial charge in [-0.05, 0) is 30.5 Å². The molecule has 1 heterocycles. The third-order valence-corrected chi connectivity index (χ3v) is 3.20. The Hall–Kier alpha value is -1.32. The summed E-state index contributed by atoms with van der Waals surface area (Å²) in [4.78, 5) is 1.04. The van der Waals surface area contributed by atoms with Crippen LogP contribution in [0.4, 0.5) is 0 Å². The van der Waals surface area contributed by atoms with Gasteiger partial charge in [0.15, 0.2) is 6.10 Å². The zero-order chi connectivity index (χ0) is 11.4. The maximum Gasteiger partial charge on any atom is 0.158 e. The van der Waals surface area contributed by atoms with E-state index in [1.54, 1.807) is 18.3 Å². The highest BCUT2D eigenvalue weighted by Gasteiger charge is 2.20. The van der Waals surface area contributed by atoms with Crippen molar-refractivity contribution < 1.29 is 9.84 Å². The van der Waals surface area contributed by atoms with Crippen molar-refractivity contribution in [3.05, 3.63) is 52.7 Å². The van der Waals surface area contributed by atoms with Crippen molar-refractivity contribution >= 4 is 11.3 Å². The molecule has 2 aromatic rings. The number of hydrogen-bond acceptors (Lipinski definition) is 3. The first-order valence-corrected chi connectivity index (χ1v) is 6.08. The van der Waals surface area contributed by atoms with E-state index < -0.39 is 6.10 Å². The minimum Gasteiger partial charge on any atom is -0.482 e. The SMILES string of the molecule is CC(O)C(Oc1ccccc1)c1cccs1. The van der Waals surface area contributed by atoms with Crippen molar-refractivity contribution in [3.8, 4) is 5.75 Å². The van der Waals surface area contributed by atoms with Crippen LogP contribution in [0.1, 0.15) is 17.9 Å². The number of ether oxygens (including phenoxy) is 1. The third kappa shape index (κ3) is 2.62. The van der Waals surface area contributed by atoms with Crippen molar-refractivity contribution in [2.24, 2.45) is 0 Å². The smallest absolute Gasteiger partial charge is 0.158 e. The summed E-state index contributed by atoms with van der Waals surface area (Å²) in [6.07, 6.45) is -0.818. The van der Waals surface area contributed by atoms with Crippen LogP contribution in [0.2, 0.25) is 0 Å². The predicted octanol–water partition coefficient (Wildman–Crippen LogP) is 3.25. The lowest BCUT2D eigenvalue weighted by Crippen LogP contribution is -2.19. The van der Waals surface area contributed by atoms with E-state index in [9.17, 15) is 5.11 Å². The highest BCUT2D eigenvalue weighted by atomic mass is 32.1. The van der Waals surface area contributed by atoms with E-state index in [0.29, 0.717) is 0 Å². The molecule has 0 aliphatic rings. The molecule has 2 atom stereocenters. The number of para-hydroxylation sites is 1. The summed E-state index contributed by atoms with van der Waals surface area (Å²) in [6, 6.07) is 13.5. The molecule has 0 aliphatic carbocycles. The number of hydrogen-bond donors (Lipinski definition) is 1. The molecule has 1 N–H and O–H groups in total. The Balaban J connectivity index is 2.16. The van der Waals surface area contributed by atoms with Gasteiger partial charge in [-0.25, -0.2) is 0 Å². The third-order valence-electron chi connectivity index (χ3n) is 2.27. The highest BCUT2D eigenvalue weighted by Crippen LogP contribution is 2.27. The summed E-state index contributed by atoms with van der Waals surface area (Å²) in [5, 5.41) is 11.7. The highest BCUT2D eigenvalue weighted by molar-refractivity contribution is 7.10. The summed E-state index contributed by atoms with van der Waals surface area (Å²) in [5.41, 5.74) is 0. The fourth-order valence-electron chi connectivity index (χ4n) is 1.49. The molecule has 84 valence electrons. The molecule has 0 radical (unpaired) electrons. The molecular weight excluding hydrogens is 220 g/mol. The molecule has 0 amide bonds. The van der Waals surface area contributed by atoms with Gasteiger partial charge in [-0.15, -0.1) is 11.3 Å². The fraction of sp³-hybridized carbons (Fsp3) is 0.231. The topological polar surface area (TPSA) is 29.5 Å². The minimum atomic E-state index is -0.529. The van der Waals surface area contributed by atoms with Crippen LogP contribution >= 0.6 is 11.3 Å². The van der Waals surface area contributed by atoms with Crippen LogP contribution in [0, 0.1) is 0 Å². The van der Waals surface area contributed by atoms with Gasteiger partial charge in [0.2, 0.25) is 0 Å². The molecular formula is C13H14O2S. The standard InChI is InChI=1S/C13H14O2S/c1-10(14)13(12-8-5-9-16-12)15-11-6-3-2-4-7-11/h2-10,13-14H,1H3. The second-order valence-electron chi connectivity index (χ2n) is 3.61. The van der Waals surface area contributed by atoms with Crippen LogP contribution in [-0.4, -0.2) is 11.2 Å². The number of aliphatic hydroxyl groups excluding tert-OH is 1. The molecule has 3 heteroatoms. The summed E-state index contributed by atoms with van der Waals surface area (Å²) in [6.45, 7) is 1.74.